The van der Waals surface area contributed by atoms with E-state index in [4.69, 9.17) is 5.11 Å². The van der Waals surface area contributed by atoms with Gasteiger partial charge in [-0.25, -0.2) is 0 Å². The molecule has 0 bridgehead atoms. The molecule has 1 atom stereocenters. The molecule has 0 aliphatic heterocycles. The lowest BCUT2D eigenvalue weighted by molar-refractivity contribution is -0.137. The van der Waals surface area contributed by atoms with Crippen LogP contribution in [-0.4, -0.2) is 23.0 Å². The number of fused-ring (bicyclic) bond motifs is 1. The van der Waals surface area contributed by atoms with Crippen LogP contribution in [0.25, 0.3) is 10.8 Å². The number of rotatable bonds is 6. The summed E-state index contributed by atoms with van der Waals surface area (Å²) in [5, 5.41) is 13.9. The maximum atomic E-state index is 11.2. The van der Waals surface area contributed by atoms with Crippen molar-refractivity contribution in [1.82, 2.24) is 5.32 Å². The van der Waals surface area contributed by atoms with E-state index in [1.807, 2.05) is 30.3 Å². The van der Waals surface area contributed by atoms with Gasteiger partial charge in [0.25, 0.3) is 0 Å². The van der Waals surface area contributed by atoms with Crippen LogP contribution in [0.2, 0.25) is 0 Å². The summed E-state index contributed by atoms with van der Waals surface area (Å²) in [5.74, 6) is -0.977. The molecule has 0 aromatic heterocycles. The minimum Gasteiger partial charge on any atom is -0.481 e. The van der Waals surface area contributed by atoms with Gasteiger partial charge < -0.3 is 10.4 Å². The number of aliphatic carboxylic acids is 1. The van der Waals surface area contributed by atoms with E-state index >= 15 is 0 Å². The highest BCUT2D eigenvalue weighted by atomic mass is 16.4. The van der Waals surface area contributed by atoms with Crippen LogP contribution in [0.1, 0.15) is 25.3 Å². The Kier molecular flexibility index (Phi) is 4.93. The van der Waals surface area contributed by atoms with Gasteiger partial charge in [0.05, 0.1) is 0 Å². The fourth-order valence-electron chi connectivity index (χ4n) is 2.46. The van der Waals surface area contributed by atoms with Gasteiger partial charge in [-0.1, -0.05) is 42.5 Å². The highest BCUT2D eigenvalue weighted by Crippen LogP contribution is 2.17. The highest BCUT2D eigenvalue weighted by Gasteiger charge is 2.13. The standard InChI is InChI=1S/C17H19NO3/c1-12(19)18-16(8-9-17(20)21)11-13-6-7-14-4-2-3-5-15(14)10-13/h2-7,10,16H,8-9,11H2,1H3,(H,18,19)(H,20,21). The molecule has 0 heterocycles. The second-order valence-electron chi connectivity index (χ2n) is 5.22. The molecule has 2 rings (SSSR count). The van der Waals surface area contributed by atoms with Gasteiger partial charge in [0.2, 0.25) is 5.91 Å². The molecular weight excluding hydrogens is 266 g/mol. The zero-order valence-corrected chi connectivity index (χ0v) is 12.0. The molecule has 2 aromatic rings. The number of amides is 1. The molecule has 0 saturated carbocycles. The topological polar surface area (TPSA) is 66.4 Å². The Labute approximate surface area is 123 Å². The van der Waals surface area contributed by atoms with Gasteiger partial charge in [-0.15, -0.1) is 0 Å². The van der Waals surface area contributed by atoms with Crippen LogP contribution in [0.4, 0.5) is 0 Å². The molecule has 21 heavy (non-hydrogen) atoms. The zero-order valence-electron chi connectivity index (χ0n) is 12.0. The molecule has 2 aromatic carbocycles. The minimum atomic E-state index is -0.844. The molecule has 1 amide bonds. The molecule has 0 aliphatic rings. The maximum Gasteiger partial charge on any atom is 0.303 e. The third-order valence-electron chi connectivity index (χ3n) is 3.41. The molecule has 0 aliphatic carbocycles. The van der Waals surface area contributed by atoms with Gasteiger partial charge in [0.1, 0.15) is 0 Å². The van der Waals surface area contributed by atoms with E-state index in [1.165, 1.54) is 12.3 Å². The number of carbonyl (C=O) groups excluding carboxylic acids is 1. The van der Waals surface area contributed by atoms with Crippen molar-refractivity contribution in [3.05, 3.63) is 48.0 Å². The largest absolute Gasteiger partial charge is 0.481 e. The smallest absolute Gasteiger partial charge is 0.303 e. The lowest BCUT2D eigenvalue weighted by atomic mass is 9.99. The number of carboxylic acid groups (broad SMARTS) is 1. The lowest BCUT2D eigenvalue weighted by Gasteiger charge is -2.17. The Hall–Kier alpha value is -2.36. The van der Waals surface area contributed by atoms with Crippen molar-refractivity contribution in [2.75, 3.05) is 0 Å². The molecule has 4 nitrogen and oxygen atoms in total. The van der Waals surface area contributed by atoms with Crippen molar-refractivity contribution in [1.29, 1.82) is 0 Å². The summed E-state index contributed by atoms with van der Waals surface area (Å²) >= 11 is 0. The Morgan fingerprint density at radius 2 is 1.86 bits per heavy atom. The number of benzene rings is 2. The van der Waals surface area contributed by atoms with E-state index < -0.39 is 5.97 Å². The van der Waals surface area contributed by atoms with Crippen LogP contribution in [0.5, 0.6) is 0 Å². The molecule has 110 valence electrons. The minimum absolute atomic E-state index is 0.0541. The van der Waals surface area contributed by atoms with Crippen molar-refractivity contribution in [3.8, 4) is 0 Å². The number of hydrogen-bond donors (Lipinski definition) is 2. The van der Waals surface area contributed by atoms with E-state index in [-0.39, 0.29) is 18.4 Å². The number of hydrogen-bond acceptors (Lipinski definition) is 2. The first kappa shape index (κ1) is 15.0. The maximum absolute atomic E-state index is 11.2. The second-order valence-corrected chi connectivity index (χ2v) is 5.22. The highest BCUT2D eigenvalue weighted by molar-refractivity contribution is 5.83. The van der Waals surface area contributed by atoms with Crippen molar-refractivity contribution < 1.29 is 14.7 Å². The first-order valence-corrected chi connectivity index (χ1v) is 7.01. The monoisotopic (exact) mass is 285 g/mol. The quantitative estimate of drug-likeness (QED) is 0.857. The summed E-state index contributed by atoms with van der Waals surface area (Å²) in [6.45, 7) is 1.45. The van der Waals surface area contributed by atoms with Gasteiger partial charge >= 0.3 is 5.97 Å². The molecule has 0 fully saturated rings. The van der Waals surface area contributed by atoms with Gasteiger partial charge in [-0.05, 0) is 29.2 Å². The van der Waals surface area contributed by atoms with Crippen LogP contribution in [0.3, 0.4) is 0 Å². The summed E-state index contributed by atoms with van der Waals surface area (Å²) in [6, 6.07) is 14.1. The predicted octanol–water partition coefficient (Wildman–Crippen LogP) is 2.75. The van der Waals surface area contributed by atoms with Crippen LogP contribution < -0.4 is 5.32 Å². The van der Waals surface area contributed by atoms with E-state index in [1.54, 1.807) is 0 Å². The van der Waals surface area contributed by atoms with Crippen LogP contribution in [0, 0.1) is 0 Å². The summed E-state index contributed by atoms with van der Waals surface area (Å²) in [6.07, 6.45) is 1.12. The Morgan fingerprint density at radius 1 is 1.14 bits per heavy atom. The van der Waals surface area contributed by atoms with Gasteiger partial charge in [-0.2, -0.15) is 0 Å². The van der Waals surface area contributed by atoms with E-state index in [2.05, 4.69) is 17.4 Å². The molecule has 1 unspecified atom stereocenters. The summed E-state index contributed by atoms with van der Waals surface area (Å²) in [5.41, 5.74) is 1.10. The lowest BCUT2D eigenvalue weighted by Crippen LogP contribution is -2.35. The van der Waals surface area contributed by atoms with Crippen LogP contribution in [0.15, 0.2) is 42.5 Å². The normalized spacial score (nSPS) is 12.0. The first-order chi connectivity index (χ1) is 10.0. The van der Waals surface area contributed by atoms with Gasteiger partial charge in [0, 0.05) is 19.4 Å². The van der Waals surface area contributed by atoms with E-state index in [0.29, 0.717) is 12.8 Å². The Morgan fingerprint density at radius 3 is 2.52 bits per heavy atom. The van der Waals surface area contributed by atoms with E-state index in [0.717, 1.165) is 10.9 Å². The average molecular weight is 285 g/mol. The van der Waals surface area contributed by atoms with Crippen molar-refractivity contribution in [2.24, 2.45) is 0 Å². The summed E-state index contributed by atoms with van der Waals surface area (Å²) < 4.78 is 0. The van der Waals surface area contributed by atoms with Crippen LogP contribution in [-0.2, 0) is 16.0 Å². The number of carboxylic acids is 1. The third-order valence-corrected chi connectivity index (χ3v) is 3.41. The van der Waals surface area contributed by atoms with Crippen LogP contribution >= 0.6 is 0 Å². The second kappa shape index (κ2) is 6.88. The average Bonchev–Trinajstić information content (AvgIpc) is 2.44. The molecular formula is C17H19NO3. The molecule has 4 heteroatoms. The number of nitrogens with one attached hydrogen (secondary N) is 1. The molecule has 0 radical (unpaired) electrons. The molecule has 0 spiro atoms. The van der Waals surface area contributed by atoms with Crippen molar-refractivity contribution in [3.63, 3.8) is 0 Å². The van der Waals surface area contributed by atoms with E-state index in [9.17, 15) is 9.59 Å². The van der Waals surface area contributed by atoms with Gasteiger partial charge in [0.15, 0.2) is 0 Å². The Balaban J connectivity index is 2.12. The fourth-order valence-corrected chi connectivity index (χ4v) is 2.46. The van der Waals surface area contributed by atoms with Crippen molar-refractivity contribution in [2.45, 2.75) is 32.2 Å². The predicted molar refractivity (Wildman–Crippen MR) is 82.1 cm³/mol. The third kappa shape index (κ3) is 4.60. The zero-order chi connectivity index (χ0) is 15.2. The van der Waals surface area contributed by atoms with Gasteiger partial charge in [-0.3, -0.25) is 9.59 Å². The Bertz CT molecular complexity index is 651. The molecule has 2 N–H and O–H groups in total. The molecule has 0 saturated heterocycles. The number of carbonyl (C=O) groups is 2. The fraction of sp³-hybridized carbons (Fsp3) is 0.294. The first-order valence-electron chi connectivity index (χ1n) is 7.01. The summed E-state index contributed by atoms with van der Waals surface area (Å²) in [7, 11) is 0. The SMILES string of the molecule is CC(=O)NC(CCC(=O)O)Cc1ccc2ccccc2c1. The van der Waals surface area contributed by atoms with Crippen molar-refractivity contribution >= 4 is 22.6 Å². The summed E-state index contributed by atoms with van der Waals surface area (Å²) in [4.78, 5) is 21.9.